The van der Waals surface area contributed by atoms with Gasteiger partial charge in [0.05, 0.1) is 0 Å². The first kappa shape index (κ1) is 15.1. The molecule has 3 heteroatoms. The zero-order valence-corrected chi connectivity index (χ0v) is 14.4. The molecule has 0 unspecified atom stereocenters. The van der Waals surface area contributed by atoms with Crippen LogP contribution in [0.15, 0.2) is 18.2 Å². The molecule has 1 aliphatic rings. The van der Waals surface area contributed by atoms with Crippen molar-refractivity contribution in [3.63, 3.8) is 0 Å². The van der Waals surface area contributed by atoms with Crippen LogP contribution < -0.4 is 4.90 Å². The van der Waals surface area contributed by atoms with Gasteiger partial charge in [0.15, 0.2) is 0 Å². The van der Waals surface area contributed by atoms with E-state index < -0.39 is 0 Å². The molecule has 1 aromatic carbocycles. The number of fused-ring (bicyclic) bond motifs is 1. The lowest BCUT2D eigenvalue weighted by Crippen LogP contribution is -2.44. The largest absolute Gasteiger partial charge is 0.366 e. The fourth-order valence-electron chi connectivity index (χ4n) is 2.70. The average molecular weight is 296 g/mol. The van der Waals surface area contributed by atoms with E-state index in [-0.39, 0.29) is 10.3 Å². The number of thiol groups is 1. The van der Waals surface area contributed by atoms with Gasteiger partial charge in [0.2, 0.25) is 0 Å². The third-order valence-electron chi connectivity index (χ3n) is 3.94. The maximum atomic E-state index is 4.42. The van der Waals surface area contributed by atoms with Gasteiger partial charge in [0, 0.05) is 22.5 Å². The van der Waals surface area contributed by atoms with Crippen molar-refractivity contribution in [3.05, 3.63) is 29.3 Å². The Hall–Kier alpha value is -0.280. The van der Waals surface area contributed by atoms with Crippen molar-refractivity contribution in [2.24, 2.45) is 0 Å². The summed E-state index contributed by atoms with van der Waals surface area (Å²) in [6.07, 6.45) is 2.46. The summed E-state index contributed by atoms with van der Waals surface area (Å²) in [5.74, 6) is 0. The molecule has 0 fully saturated rings. The van der Waals surface area contributed by atoms with E-state index >= 15 is 0 Å². The summed E-state index contributed by atoms with van der Waals surface area (Å²) in [6.45, 7) is 12.5. The van der Waals surface area contributed by atoms with Gasteiger partial charge in [0.1, 0.15) is 0 Å². The van der Waals surface area contributed by atoms with Crippen LogP contribution in [0.1, 0.15) is 52.2 Å². The van der Waals surface area contributed by atoms with Crippen molar-refractivity contribution >= 4 is 28.1 Å². The lowest BCUT2D eigenvalue weighted by Gasteiger charge is -2.42. The standard InChI is InChI=1S/C16H25NS2/c1-15(2,3)17-10-6-7-12-8-9-13(11-14(12)17)16(4,5)19-18/h8-9,11,18H,6-7,10H2,1-5H3. The number of anilines is 1. The summed E-state index contributed by atoms with van der Waals surface area (Å²) in [6, 6.07) is 6.96. The molecular formula is C16H25NS2. The predicted octanol–water partition coefficient (Wildman–Crippen LogP) is 5.05. The quantitative estimate of drug-likeness (QED) is 0.600. The number of rotatable bonds is 2. The summed E-state index contributed by atoms with van der Waals surface area (Å²) in [5, 5.41) is 0. The minimum absolute atomic E-state index is 0.0547. The highest BCUT2D eigenvalue weighted by Gasteiger charge is 2.28. The molecule has 19 heavy (non-hydrogen) atoms. The first-order valence-electron chi connectivity index (χ1n) is 6.99. The number of hydrogen-bond donors (Lipinski definition) is 1. The zero-order valence-electron chi connectivity index (χ0n) is 12.7. The van der Waals surface area contributed by atoms with Crippen LogP contribution in [-0.2, 0) is 11.2 Å². The summed E-state index contributed by atoms with van der Waals surface area (Å²) in [5.41, 5.74) is 4.46. The van der Waals surface area contributed by atoms with Crippen molar-refractivity contribution in [2.45, 2.75) is 57.7 Å². The molecule has 1 heterocycles. The van der Waals surface area contributed by atoms with Gasteiger partial charge in [-0.15, -0.1) is 11.7 Å². The summed E-state index contributed by atoms with van der Waals surface area (Å²) in [7, 11) is 1.62. The Morgan fingerprint density at radius 1 is 1.16 bits per heavy atom. The van der Waals surface area contributed by atoms with E-state index in [0.717, 1.165) is 6.54 Å². The molecule has 0 atom stereocenters. The molecule has 0 saturated heterocycles. The zero-order chi connectivity index (χ0) is 14.3. The fourth-order valence-corrected chi connectivity index (χ4v) is 3.25. The maximum Gasteiger partial charge on any atom is 0.0453 e. The summed E-state index contributed by atoms with van der Waals surface area (Å²) >= 11 is 4.42. The highest BCUT2D eigenvalue weighted by Crippen LogP contribution is 2.41. The highest BCUT2D eigenvalue weighted by molar-refractivity contribution is 8.68. The molecule has 1 nitrogen and oxygen atoms in total. The molecule has 0 N–H and O–H groups in total. The van der Waals surface area contributed by atoms with Crippen LogP contribution in [-0.4, -0.2) is 12.1 Å². The van der Waals surface area contributed by atoms with Gasteiger partial charge in [-0.1, -0.05) is 22.9 Å². The number of benzene rings is 1. The van der Waals surface area contributed by atoms with Crippen molar-refractivity contribution in [1.82, 2.24) is 0 Å². The third-order valence-corrected chi connectivity index (χ3v) is 6.00. The maximum absolute atomic E-state index is 4.42. The predicted molar refractivity (Wildman–Crippen MR) is 91.5 cm³/mol. The molecule has 0 bridgehead atoms. The van der Waals surface area contributed by atoms with E-state index in [9.17, 15) is 0 Å². The minimum atomic E-state index is 0.0547. The van der Waals surface area contributed by atoms with Crippen LogP contribution in [0.3, 0.4) is 0 Å². The van der Waals surface area contributed by atoms with Crippen LogP contribution in [0.25, 0.3) is 0 Å². The molecule has 0 aromatic heterocycles. The first-order valence-corrected chi connectivity index (χ1v) is 8.86. The number of aryl methyl sites for hydroxylation is 1. The van der Waals surface area contributed by atoms with Crippen molar-refractivity contribution in [1.29, 1.82) is 0 Å². The van der Waals surface area contributed by atoms with Crippen LogP contribution >= 0.6 is 22.5 Å². The molecule has 2 rings (SSSR count). The SMILES string of the molecule is CC(C)(SS)c1ccc2c(c1)N(C(C)(C)C)CCC2. The van der Waals surface area contributed by atoms with E-state index in [2.05, 4.69) is 69.4 Å². The number of hydrogen-bond acceptors (Lipinski definition) is 3. The molecule has 1 aliphatic heterocycles. The third kappa shape index (κ3) is 3.08. The molecule has 0 amide bonds. The second-order valence-electron chi connectivity index (χ2n) is 6.87. The second-order valence-corrected chi connectivity index (χ2v) is 8.62. The van der Waals surface area contributed by atoms with Gasteiger partial charge >= 0.3 is 0 Å². The summed E-state index contributed by atoms with van der Waals surface area (Å²) < 4.78 is 0.0547. The Morgan fingerprint density at radius 2 is 1.84 bits per heavy atom. The van der Waals surface area contributed by atoms with Gasteiger partial charge in [-0.3, -0.25) is 0 Å². The van der Waals surface area contributed by atoms with E-state index in [0.29, 0.717) is 0 Å². The normalized spacial score (nSPS) is 16.4. The van der Waals surface area contributed by atoms with E-state index in [1.165, 1.54) is 29.7 Å². The molecule has 0 aliphatic carbocycles. The van der Waals surface area contributed by atoms with Crippen LogP contribution in [0, 0.1) is 0 Å². The van der Waals surface area contributed by atoms with E-state index in [1.54, 1.807) is 10.8 Å². The lowest BCUT2D eigenvalue weighted by molar-refractivity contribution is 0.483. The Morgan fingerprint density at radius 3 is 2.42 bits per heavy atom. The Balaban J connectivity index is 2.47. The van der Waals surface area contributed by atoms with E-state index in [4.69, 9.17) is 0 Å². The fraction of sp³-hybridized carbons (Fsp3) is 0.625. The van der Waals surface area contributed by atoms with Crippen LogP contribution in [0.5, 0.6) is 0 Å². The lowest BCUT2D eigenvalue weighted by atomic mass is 9.92. The van der Waals surface area contributed by atoms with E-state index in [1.807, 2.05) is 0 Å². The molecule has 0 radical (unpaired) electrons. The van der Waals surface area contributed by atoms with Crippen LogP contribution in [0.4, 0.5) is 5.69 Å². The smallest absolute Gasteiger partial charge is 0.0453 e. The monoisotopic (exact) mass is 295 g/mol. The van der Waals surface area contributed by atoms with Gasteiger partial charge in [-0.25, -0.2) is 0 Å². The Kier molecular flexibility index (Phi) is 4.18. The minimum Gasteiger partial charge on any atom is -0.366 e. The highest BCUT2D eigenvalue weighted by atomic mass is 33.1. The number of nitrogens with zero attached hydrogens (tertiary/aromatic N) is 1. The second kappa shape index (κ2) is 5.25. The molecule has 0 spiro atoms. The van der Waals surface area contributed by atoms with Gasteiger partial charge < -0.3 is 4.90 Å². The van der Waals surface area contributed by atoms with Crippen molar-refractivity contribution < 1.29 is 0 Å². The molecular weight excluding hydrogens is 270 g/mol. The Labute approximate surface area is 127 Å². The van der Waals surface area contributed by atoms with Crippen molar-refractivity contribution in [2.75, 3.05) is 11.4 Å². The van der Waals surface area contributed by atoms with Crippen LogP contribution in [0.2, 0.25) is 0 Å². The summed E-state index contributed by atoms with van der Waals surface area (Å²) in [4.78, 5) is 2.55. The van der Waals surface area contributed by atoms with Gasteiger partial charge in [0.25, 0.3) is 0 Å². The Bertz CT molecular complexity index is 460. The molecule has 1 aromatic rings. The van der Waals surface area contributed by atoms with Gasteiger partial charge in [-0.2, -0.15) is 0 Å². The molecule has 0 saturated carbocycles. The topological polar surface area (TPSA) is 3.24 Å². The average Bonchev–Trinajstić information content (AvgIpc) is 2.36. The van der Waals surface area contributed by atoms with Crippen molar-refractivity contribution in [3.8, 4) is 0 Å². The first-order chi connectivity index (χ1) is 8.75. The van der Waals surface area contributed by atoms with Gasteiger partial charge in [-0.05, 0) is 64.7 Å². The molecule has 106 valence electrons.